The molecule has 0 bridgehead atoms. The van der Waals surface area contributed by atoms with E-state index >= 15 is 0 Å². The second-order valence-corrected chi connectivity index (χ2v) is 7.68. The highest BCUT2D eigenvalue weighted by Gasteiger charge is 2.26. The molecule has 2 aromatic carbocycles. The smallest absolute Gasteiger partial charge is 0.329 e. The third kappa shape index (κ3) is 7.70. The Labute approximate surface area is 178 Å². The molecular formula is C24H30N2O4. The first kappa shape index (κ1) is 23.1. The van der Waals surface area contributed by atoms with Crippen molar-refractivity contribution < 1.29 is 19.1 Å². The fourth-order valence-electron chi connectivity index (χ4n) is 2.95. The molecule has 0 aromatic heterocycles. The van der Waals surface area contributed by atoms with Crippen LogP contribution in [0.15, 0.2) is 60.7 Å². The number of benzene rings is 2. The molecule has 2 atom stereocenters. The van der Waals surface area contributed by atoms with E-state index in [0.717, 1.165) is 11.1 Å². The Morgan fingerprint density at radius 2 is 1.47 bits per heavy atom. The molecule has 0 fully saturated rings. The van der Waals surface area contributed by atoms with Gasteiger partial charge < -0.3 is 15.4 Å². The predicted octanol–water partition coefficient (Wildman–Crippen LogP) is 2.83. The fourth-order valence-corrected chi connectivity index (χ4v) is 2.95. The lowest BCUT2D eigenvalue weighted by Crippen LogP contribution is -2.46. The maximum atomic E-state index is 12.4. The van der Waals surface area contributed by atoms with Crippen LogP contribution in [0.3, 0.4) is 0 Å². The summed E-state index contributed by atoms with van der Waals surface area (Å²) in [6.07, 6.45) is 0.176. The first-order valence-corrected chi connectivity index (χ1v) is 10.2. The van der Waals surface area contributed by atoms with Gasteiger partial charge in [-0.1, -0.05) is 81.4 Å². The molecule has 0 radical (unpaired) electrons. The molecule has 6 heteroatoms. The highest BCUT2D eigenvalue weighted by atomic mass is 16.5. The molecule has 160 valence electrons. The normalized spacial score (nSPS) is 12.7. The number of amides is 2. The maximum absolute atomic E-state index is 12.4. The van der Waals surface area contributed by atoms with Gasteiger partial charge in [0, 0.05) is 6.54 Å². The third-order valence-electron chi connectivity index (χ3n) is 4.76. The fraction of sp³-hybridized carbons (Fsp3) is 0.375. The number of carbonyl (C=O) groups excluding carboxylic acids is 3. The topological polar surface area (TPSA) is 84.5 Å². The molecule has 2 N–H and O–H groups in total. The summed E-state index contributed by atoms with van der Waals surface area (Å²) >= 11 is 0. The van der Waals surface area contributed by atoms with E-state index in [2.05, 4.69) is 10.6 Å². The second kappa shape index (κ2) is 11.8. The van der Waals surface area contributed by atoms with E-state index in [-0.39, 0.29) is 36.7 Å². The highest BCUT2D eigenvalue weighted by Crippen LogP contribution is 2.13. The number of hydrogen-bond acceptors (Lipinski definition) is 4. The van der Waals surface area contributed by atoms with E-state index in [0.29, 0.717) is 6.54 Å². The van der Waals surface area contributed by atoms with E-state index < -0.39 is 12.0 Å². The number of rotatable bonds is 10. The molecular weight excluding hydrogens is 380 g/mol. The van der Waals surface area contributed by atoms with Crippen LogP contribution in [0.25, 0.3) is 0 Å². The Balaban J connectivity index is 1.78. The van der Waals surface area contributed by atoms with E-state index in [1.807, 2.05) is 81.4 Å². The van der Waals surface area contributed by atoms with Crippen molar-refractivity contribution >= 4 is 17.8 Å². The maximum Gasteiger partial charge on any atom is 0.329 e. The molecule has 0 saturated heterocycles. The SMILES string of the molecule is CC(C)[C@H](NC(=O)Cc1ccccc1)C(=O)OCC(=O)NC[C@H](C)c1ccccc1. The first-order chi connectivity index (χ1) is 14.4. The Kier molecular flexibility index (Phi) is 9.06. The zero-order valence-corrected chi connectivity index (χ0v) is 17.8. The van der Waals surface area contributed by atoms with Crippen LogP contribution < -0.4 is 10.6 Å². The number of nitrogens with one attached hydrogen (secondary N) is 2. The number of esters is 1. The van der Waals surface area contributed by atoms with Gasteiger partial charge in [0.05, 0.1) is 6.42 Å². The largest absolute Gasteiger partial charge is 0.454 e. The van der Waals surface area contributed by atoms with E-state index in [1.54, 1.807) is 0 Å². The van der Waals surface area contributed by atoms with Crippen molar-refractivity contribution in [2.24, 2.45) is 5.92 Å². The zero-order valence-electron chi connectivity index (χ0n) is 17.8. The van der Waals surface area contributed by atoms with Crippen LogP contribution in [-0.2, 0) is 25.5 Å². The quantitative estimate of drug-likeness (QED) is 0.590. The van der Waals surface area contributed by atoms with Crippen molar-refractivity contribution in [2.45, 2.75) is 39.2 Å². The minimum Gasteiger partial charge on any atom is -0.454 e. The summed E-state index contributed by atoms with van der Waals surface area (Å²) < 4.78 is 5.15. The first-order valence-electron chi connectivity index (χ1n) is 10.2. The molecule has 0 aliphatic heterocycles. The predicted molar refractivity (Wildman–Crippen MR) is 116 cm³/mol. The van der Waals surface area contributed by atoms with Crippen LogP contribution in [0.1, 0.15) is 37.8 Å². The molecule has 0 aliphatic carbocycles. The molecule has 30 heavy (non-hydrogen) atoms. The molecule has 0 aliphatic rings. The van der Waals surface area contributed by atoms with Crippen molar-refractivity contribution in [3.8, 4) is 0 Å². The van der Waals surface area contributed by atoms with Crippen LogP contribution >= 0.6 is 0 Å². The Morgan fingerprint density at radius 1 is 0.867 bits per heavy atom. The van der Waals surface area contributed by atoms with E-state index in [4.69, 9.17) is 4.74 Å². The molecule has 2 aromatic rings. The van der Waals surface area contributed by atoms with Gasteiger partial charge in [0.2, 0.25) is 5.91 Å². The van der Waals surface area contributed by atoms with Crippen LogP contribution in [0.4, 0.5) is 0 Å². The highest BCUT2D eigenvalue weighted by molar-refractivity contribution is 5.87. The van der Waals surface area contributed by atoms with Gasteiger partial charge >= 0.3 is 5.97 Å². The van der Waals surface area contributed by atoms with Gasteiger partial charge in [-0.15, -0.1) is 0 Å². The Bertz CT molecular complexity index is 822. The van der Waals surface area contributed by atoms with Crippen LogP contribution in [0.5, 0.6) is 0 Å². The van der Waals surface area contributed by atoms with Crippen LogP contribution in [0.2, 0.25) is 0 Å². The standard InChI is InChI=1S/C24H30N2O4/c1-17(2)23(26-21(27)14-19-10-6-4-7-11-19)24(29)30-16-22(28)25-15-18(3)20-12-8-5-9-13-20/h4-13,17-18,23H,14-16H2,1-3H3,(H,25,28)(H,26,27)/t18-,23-/m0/s1. The third-order valence-corrected chi connectivity index (χ3v) is 4.76. The van der Waals surface area contributed by atoms with Crippen molar-refractivity contribution in [1.82, 2.24) is 10.6 Å². The van der Waals surface area contributed by atoms with Gasteiger partial charge in [0.1, 0.15) is 6.04 Å². The summed E-state index contributed by atoms with van der Waals surface area (Å²) in [6, 6.07) is 18.3. The Morgan fingerprint density at radius 3 is 2.07 bits per heavy atom. The van der Waals surface area contributed by atoms with Crippen molar-refractivity contribution in [3.63, 3.8) is 0 Å². The average molecular weight is 411 g/mol. The van der Waals surface area contributed by atoms with Gasteiger partial charge in [-0.25, -0.2) is 4.79 Å². The zero-order chi connectivity index (χ0) is 21.9. The van der Waals surface area contributed by atoms with Gasteiger partial charge in [0.15, 0.2) is 6.61 Å². The minimum atomic E-state index is -0.808. The molecule has 0 heterocycles. The van der Waals surface area contributed by atoms with E-state index in [1.165, 1.54) is 0 Å². The van der Waals surface area contributed by atoms with Gasteiger partial charge in [0.25, 0.3) is 5.91 Å². The molecule has 6 nitrogen and oxygen atoms in total. The summed E-state index contributed by atoms with van der Waals surface area (Å²) in [7, 11) is 0. The second-order valence-electron chi connectivity index (χ2n) is 7.68. The van der Waals surface area contributed by atoms with Gasteiger partial charge in [-0.3, -0.25) is 9.59 Å². The lowest BCUT2D eigenvalue weighted by atomic mass is 10.0. The number of ether oxygens (including phenoxy) is 1. The van der Waals surface area contributed by atoms with Crippen molar-refractivity contribution in [2.75, 3.05) is 13.2 Å². The van der Waals surface area contributed by atoms with Crippen LogP contribution in [0, 0.1) is 5.92 Å². The molecule has 2 amide bonds. The summed E-state index contributed by atoms with van der Waals surface area (Å²) in [6.45, 7) is 5.71. The number of hydrogen-bond donors (Lipinski definition) is 2. The summed E-state index contributed by atoms with van der Waals surface area (Å²) in [4.78, 5) is 36.8. The lowest BCUT2D eigenvalue weighted by Gasteiger charge is -2.21. The molecule has 0 spiro atoms. The van der Waals surface area contributed by atoms with Gasteiger partial charge in [-0.05, 0) is 23.0 Å². The molecule has 2 rings (SSSR count). The van der Waals surface area contributed by atoms with Gasteiger partial charge in [-0.2, -0.15) is 0 Å². The minimum absolute atomic E-state index is 0.145. The lowest BCUT2D eigenvalue weighted by molar-refractivity contribution is -0.152. The summed E-state index contributed by atoms with van der Waals surface area (Å²) in [5, 5.41) is 5.49. The Hall–Kier alpha value is -3.15. The number of carbonyl (C=O) groups is 3. The molecule has 0 saturated carbocycles. The van der Waals surface area contributed by atoms with Crippen LogP contribution in [-0.4, -0.2) is 37.0 Å². The average Bonchev–Trinajstić information content (AvgIpc) is 2.75. The molecule has 0 unspecified atom stereocenters. The van der Waals surface area contributed by atoms with E-state index in [9.17, 15) is 14.4 Å². The monoisotopic (exact) mass is 410 g/mol. The van der Waals surface area contributed by atoms with Crippen molar-refractivity contribution in [1.29, 1.82) is 0 Å². The van der Waals surface area contributed by atoms with Crippen molar-refractivity contribution in [3.05, 3.63) is 71.8 Å². The summed E-state index contributed by atoms with van der Waals surface area (Å²) in [5.74, 6) is -1.27. The summed E-state index contributed by atoms with van der Waals surface area (Å²) in [5.41, 5.74) is 1.98.